The van der Waals surface area contributed by atoms with Gasteiger partial charge in [-0.05, 0) is 31.0 Å². The first kappa shape index (κ1) is 8.57. The first-order chi connectivity index (χ1) is 6.27. The number of nitrogens with one attached hydrogen (secondary N) is 1. The van der Waals surface area contributed by atoms with Crippen molar-refractivity contribution in [2.75, 3.05) is 18.5 Å². The fraction of sp³-hybridized carbons (Fsp3) is 0.455. The molecule has 0 amide bonds. The van der Waals surface area contributed by atoms with E-state index in [0.29, 0.717) is 6.04 Å². The molecule has 1 N–H and O–H groups in total. The SMILES string of the molecule is Cc1cccc(NC2COC2)c1C. The van der Waals surface area contributed by atoms with E-state index in [1.807, 2.05) is 0 Å². The second kappa shape index (κ2) is 3.38. The van der Waals surface area contributed by atoms with Gasteiger partial charge in [-0.3, -0.25) is 0 Å². The zero-order chi connectivity index (χ0) is 9.26. The van der Waals surface area contributed by atoms with Crippen LogP contribution < -0.4 is 5.32 Å². The predicted molar refractivity (Wildman–Crippen MR) is 54.1 cm³/mol. The molecule has 70 valence electrons. The fourth-order valence-electron chi connectivity index (χ4n) is 1.45. The summed E-state index contributed by atoms with van der Waals surface area (Å²) in [6.07, 6.45) is 0. The molecule has 0 bridgehead atoms. The highest BCUT2D eigenvalue weighted by Crippen LogP contribution is 2.20. The van der Waals surface area contributed by atoms with E-state index >= 15 is 0 Å². The molecule has 1 aromatic carbocycles. The number of benzene rings is 1. The van der Waals surface area contributed by atoms with Crippen LogP contribution in [0.5, 0.6) is 0 Å². The average Bonchev–Trinajstić information content (AvgIpc) is 2.04. The highest BCUT2D eigenvalue weighted by Gasteiger charge is 2.18. The van der Waals surface area contributed by atoms with Crippen molar-refractivity contribution >= 4 is 5.69 Å². The molecule has 2 heteroatoms. The molecular weight excluding hydrogens is 162 g/mol. The van der Waals surface area contributed by atoms with E-state index < -0.39 is 0 Å². The van der Waals surface area contributed by atoms with E-state index in [0.717, 1.165) is 13.2 Å². The summed E-state index contributed by atoms with van der Waals surface area (Å²) in [5.74, 6) is 0. The van der Waals surface area contributed by atoms with Gasteiger partial charge in [0.25, 0.3) is 0 Å². The number of hydrogen-bond acceptors (Lipinski definition) is 2. The van der Waals surface area contributed by atoms with Crippen LogP contribution >= 0.6 is 0 Å². The van der Waals surface area contributed by atoms with E-state index in [2.05, 4.69) is 37.4 Å². The molecule has 0 atom stereocenters. The number of hydrogen-bond donors (Lipinski definition) is 1. The maximum absolute atomic E-state index is 5.11. The monoisotopic (exact) mass is 177 g/mol. The van der Waals surface area contributed by atoms with Crippen molar-refractivity contribution in [2.24, 2.45) is 0 Å². The van der Waals surface area contributed by atoms with Crippen molar-refractivity contribution in [3.05, 3.63) is 29.3 Å². The summed E-state index contributed by atoms with van der Waals surface area (Å²) in [5.41, 5.74) is 3.92. The Balaban J connectivity index is 2.14. The highest BCUT2D eigenvalue weighted by molar-refractivity contribution is 5.54. The van der Waals surface area contributed by atoms with E-state index in [4.69, 9.17) is 4.74 Å². The summed E-state index contributed by atoms with van der Waals surface area (Å²) >= 11 is 0. The van der Waals surface area contributed by atoms with Crippen LogP contribution in [0.25, 0.3) is 0 Å². The molecule has 1 aromatic rings. The molecule has 1 aliphatic rings. The van der Waals surface area contributed by atoms with Crippen LogP contribution in [0, 0.1) is 13.8 Å². The predicted octanol–water partition coefficient (Wildman–Crippen LogP) is 2.11. The van der Waals surface area contributed by atoms with Crippen LogP contribution in [0.1, 0.15) is 11.1 Å². The molecule has 0 unspecified atom stereocenters. The van der Waals surface area contributed by atoms with E-state index in [9.17, 15) is 0 Å². The molecule has 13 heavy (non-hydrogen) atoms. The van der Waals surface area contributed by atoms with Gasteiger partial charge in [0.2, 0.25) is 0 Å². The van der Waals surface area contributed by atoms with Gasteiger partial charge in [-0.1, -0.05) is 12.1 Å². The van der Waals surface area contributed by atoms with Crippen molar-refractivity contribution in [1.82, 2.24) is 0 Å². The van der Waals surface area contributed by atoms with Crippen LogP contribution in [0.2, 0.25) is 0 Å². The van der Waals surface area contributed by atoms with Crippen LogP contribution in [0.15, 0.2) is 18.2 Å². The molecule has 2 nitrogen and oxygen atoms in total. The Kier molecular flexibility index (Phi) is 2.23. The quantitative estimate of drug-likeness (QED) is 0.747. The van der Waals surface area contributed by atoms with Gasteiger partial charge >= 0.3 is 0 Å². The van der Waals surface area contributed by atoms with E-state index in [1.165, 1.54) is 16.8 Å². The second-order valence-corrected chi connectivity index (χ2v) is 3.63. The lowest BCUT2D eigenvalue weighted by Crippen LogP contribution is -2.40. The van der Waals surface area contributed by atoms with Gasteiger partial charge in [-0.2, -0.15) is 0 Å². The number of anilines is 1. The third-order valence-electron chi connectivity index (χ3n) is 2.60. The number of rotatable bonds is 2. The molecule has 1 aliphatic heterocycles. The first-order valence-corrected chi connectivity index (χ1v) is 4.68. The van der Waals surface area contributed by atoms with E-state index in [-0.39, 0.29) is 0 Å². The second-order valence-electron chi connectivity index (χ2n) is 3.63. The smallest absolute Gasteiger partial charge is 0.0728 e. The summed E-state index contributed by atoms with van der Waals surface area (Å²) in [6.45, 7) is 5.97. The molecule has 0 radical (unpaired) electrons. The highest BCUT2D eigenvalue weighted by atomic mass is 16.5. The molecule has 0 saturated carbocycles. The van der Waals surface area contributed by atoms with Gasteiger partial charge in [-0.15, -0.1) is 0 Å². The molecule has 0 spiro atoms. The summed E-state index contributed by atoms with van der Waals surface area (Å²) < 4.78 is 5.11. The largest absolute Gasteiger partial charge is 0.377 e. The minimum absolute atomic E-state index is 0.514. The number of aryl methyl sites for hydroxylation is 1. The average molecular weight is 177 g/mol. The zero-order valence-electron chi connectivity index (χ0n) is 8.13. The minimum atomic E-state index is 0.514. The molecule has 1 fully saturated rings. The maximum atomic E-state index is 5.11. The Labute approximate surface area is 78.9 Å². The Hall–Kier alpha value is -1.02. The van der Waals surface area contributed by atoms with Crippen LogP contribution in [0.4, 0.5) is 5.69 Å². The summed E-state index contributed by atoms with van der Waals surface area (Å²) in [6, 6.07) is 6.86. The van der Waals surface area contributed by atoms with Crippen LogP contribution in [-0.4, -0.2) is 19.3 Å². The van der Waals surface area contributed by atoms with Crippen molar-refractivity contribution in [2.45, 2.75) is 19.9 Å². The normalized spacial score (nSPS) is 16.8. The van der Waals surface area contributed by atoms with Crippen molar-refractivity contribution < 1.29 is 4.74 Å². The summed E-state index contributed by atoms with van der Waals surface area (Å²) in [7, 11) is 0. The number of ether oxygens (including phenoxy) is 1. The Morgan fingerprint density at radius 2 is 2.08 bits per heavy atom. The Morgan fingerprint density at radius 3 is 2.69 bits per heavy atom. The lowest BCUT2D eigenvalue weighted by Gasteiger charge is -2.28. The Bertz CT molecular complexity index is 305. The molecule has 0 aliphatic carbocycles. The van der Waals surface area contributed by atoms with Crippen molar-refractivity contribution in [1.29, 1.82) is 0 Å². The van der Waals surface area contributed by atoms with Crippen molar-refractivity contribution in [3.63, 3.8) is 0 Å². The first-order valence-electron chi connectivity index (χ1n) is 4.68. The molecule has 1 saturated heterocycles. The minimum Gasteiger partial charge on any atom is -0.377 e. The van der Waals surface area contributed by atoms with Gasteiger partial charge in [0.1, 0.15) is 0 Å². The summed E-state index contributed by atoms with van der Waals surface area (Å²) in [4.78, 5) is 0. The Morgan fingerprint density at radius 1 is 1.31 bits per heavy atom. The van der Waals surface area contributed by atoms with Gasteiger partial charge in [0.15, 0.2) is 0 Å². The summed E-state index contributed by atoms with van der Waals surface area (Å²) in [5, 5.41) is 3.46. The van der Waals surface area contributed by atoms with Crippen LogP contribution in [-0.2, 0) is 4.74 Å². The maximum Gasteiger partial charge on any atom is 0.0728 e. The van der Waals surface area contributed by atoms with Gasteiger partial charge in [0.05, 0.1) is 19.3 Å². The van der Waals surface area contributed by atoms with Gasteiger partial charge in [-0.25, -0.2) is 0 Å². The molecular formula is C11H15NO. The lowest BCUT2D eigenvalue weighted by molar-refractivity contribution is 0.0211. The van der Waals surface area contributed by atoms with Gasteiger partial charge < -0.3 is 10.1 Å². The van der Waals surface area contributed by atoms with Gasteiger partial charge in [0, 0.05) is 5.69 Å². The topological polar surface area (TPSA) is 21.3 Å². The molecule has 0 aromatic heterocycles. The van der Waals surface area contributed by atoms with E-state index in [1.54, 1.807) is 0 Å². The standard InChI is InChI=1S/C11H15NO/c1-8-4-3-5-11(9(8)2)12-10-6-13-7-10/h3-5,10,12H,6-7H2,1-2H3. The lowest BCUT2D eigenvalue weighted by atomic mass is 10.1. The third kappa shape index (κ3) is 1.68. The third-order valence-corrected chi connectivity index (χ3v) is 2.60. The van der Waals surface area contributed by atoms with Crippen LogP contribution in [0.3, 0.4) is 0 Å². The van der Waals surface area contributed by atoms with Crippen molar-refractivity contribution in [3.8, 4) is 0 Å². The molecule has 1 heterocycles. The molecule has 2 rings (SSSR count). The zero-order valence-corrected chi connectivity index (χ0v) is 8.13. The fourth-order valence-corrected chi connectivity index (χ4v) is 1.45.